The van der Waals surface area contributed by atoms with Crippen LogP contribution >= 0.6 is 7.82 Å². The average Bonchev–Trinajstić information content (AvgIpc) is 3.24. The Morgan fingerprint density at radius 1 is 0.500 bits per heavy atom. The van der Waals surface area contributed by atoms with Gasteiger partial charge in [0, 0.05) is 19.6 Å². The van der Waals surface area contributed by atoms with Crippen molar-refractivity contribution in [1.82, 2.24) is 0 Å². The highest BCUT2D eigenvalue weighted by Gasteiger charge is 2.25. The topological polar surface area (TPSA) is 117 Å². The van der Waals surface area contributed by atoms with E-state index < -0.39 is 13.9 Å². The number of esters is 1. The quantitative estimate of drug-likeness (QED) is 0.0269. The molecule has 2 unspecified atom stereocenters. The van der Waals surface area contributed by atoms with Crippen molar-refractivity contribution in [2.45, 2.75) is 238 Å². The second-order valence-corrected chi connectivity index (χ2v) is 18.1. The molecule has 352 valence electrons. The van der Waals surface area contributed by atoms with Gasteiger partial charge in [-0.15, -0.1) is 0 Å². The number of carbonyl (C=O) groups excluding carboxylic acids is 1. The number of allylic oxidation sites excluding steroid dienone is 8. The van der Waals surface area contributed by atoms with E-state index in [9.17, 15) is 14.3 Å². The van der Waals surface area contributed by atoms with Gasteiger partial charge in [0.15, 0.2) is 0 Å². The predicted molar refractivity (Wildman–Crippen MR) is 256 cm³/mol. The van der Waals surface area contributed by atoms with E-state index in [2.05, 4.69) is 62.5 Å². The molecule has 0 radical (unpaired) electrons. The Morgan fingerprint density at radius 3 is 1.33 bits per heavy atom. The van der Waals surface area contributed by atoms with E-state index in [1.165, 1.54) is 167 Å². The molecule has 8 nitrogen and oxygen atoms in total. The molecule has 0 rings (SSSR count). The van der Waals surface area contributed by atoms with E-state index in [4.69, 9.17) is 24.3 Å². The Labute approximate surface area is 371 Å². The van der Waals surface area contributed by atoms with E-state index in [1.54, 1.807) is 0 Å². The summed E-state index contributed by atoms with van der Waals surface area (Å²) in [4.78, 5) is 22.6. The van der Waals surface area contributed by atoms with Crippen molar-refractivity contribution in [1.29, 1.82) is 0 Å². The third kappa shape index (κ3) is 47.5. The van der Waals surface area contributed by atoms with E-state index in [0.717, 1.165) is 44.9 Å². The van der Waals surface area contributed by atoms with Gasteiger partial charge in [-0.2, -0.15) is 0 Å². The minimum atomic E-state index is -4.28. The van der Waals surface area contributed by atoms with Crippen molar-refractivity contribution in [3.05, 3.63) is 48.6 Å². The summed E-state index contributed by atoms with van der Waals surface area (Å²) in [5, 5.41) is 0. The summed E-state index contributed by atoms with van der Waals surface area (Å²) >= 11 is 0. The van der Waals surface area contributed by atoms with Gasteiger partial charge in [-0.25, -0.2) is 4.57 Å². The van der Waals surface area contributed by atoms with E-state index in [0.29, 0.717) is 13.0 Å². The molecule has 0 aliphatic rings. The van der Waals surface area contributed by atoms with Gasteiger partial charge in [-0.3, -0.25) is 13.8 Å². The molecule has 0 aliphatic heterocycles. The fraction of sp³-hybridized carbons (Fsp3) is 0.824. The highest BCUT2D eigenvalue weighted by atomic mass is 31.2. The Kier molecular flexibility index (Phi) is 47.2. The highest BCUT2D eigenvalue weighted by Crippen LogP contribution is 2.43. The summed E-state index contributed by atoms with van der Waals surface area (Å²) < 4.78 is 33.6. The fourth-order valence-electron chi connectivity index (χ4n) is 7.00. The monoisotopic (exact) mass is 866 g/mol. The van der Waals surface area contributed by atoms with Crippen LogP contribution in [-0.2, 0) is 27.9 Å². The zero-order valence-electron chi connectivity index (χ0n) is 39.2. The summed E-state index contributed by atoms with van der Waals surface area (Å²) in [6.45, 7) is 4.91. The van der Waals surface area contributed by atoms with Crippen LogP contribution in [0.15, 0.2) is 48.6 Å². The third-order valence-corrected chi connectivity index (χ3v) is 11.7. The molecule has 60 heavy (non-hydrogen) atoms. The zero-order chi connectivity index (χ0) is 43.7. The Bertz CT molecular complexity index is 1060. The molecule has 0 fully saturated rings. The zero-order valence-corrected chi connectivity index (χ0v) is 40.1. The predicted octanol–water partition coefficient (Wildman–Crippen LogP) is 15.5. The first-order chi connectivity index (χ1) is 29.4. The lowest BCUT2D eigenvalue weighted by molar-refractivity contribution is -0.154. The lowest BCUT2D eigenvalue weighted by atomic mass is 10.1. The maximum atomic E-state index is 12.6. The smallest absolute Gasteiger partial charge is 0.457 e. The van der Waals surface area contributed by atoms with Crippen LogP contribution in [0.1, 0.15) is 232 Å². The number of phosphoric ester groups is 1. The number of rotatable bonds is 48. The molecular formula is C51H96NO7P. The van der Waals surface area contributed by atoms with Gasteiger partial charge in [0.1, 0.15) is 6.10 Å². The molecule has 0 bridgehead atoms. The molecule has 9 heteroatoms. The molecular weight excluding hydrogens is 770 g/mol. The normalized spacial score (nSPS) is 13.7. The molecule has 0 heterocycles. The van der Waals surface area contributed by atoms with Crippen molar-refractivity contribution < 1.29 is 32.8 Å². The first-order valence-corrected chi connectivity index (χ1v) is 26.6. The molecule has 0 aliphatic carbocycles. The van der Waals surface area contributed by atoms with E-state index in [1.807, 2.05) is 0 Å². The summed E-state index contributed by atoms with van der Waals surface area (Å²) in [5.41, 5.74) is 5.38. The van der Waals surface area contributed by atoms with Crippen molar-refractivity contribution in [3.63, 3.8) is 0 Å². The van der Waals surface area contributed by atoms with E-state index >= 15 is 0 Å². The van der Waals surface area contributed by atoms with Crippen molar-refractivity contribution >= 4 is 13.8 Å². The second kappa shape index (κ2) is 48.5. The van der Waals surface area contributed by atoms with Crippen molar-refractivity contribution in [2.75, 3.05) is 33.0 Å². The number of hydrogen-bond acceptors (Lipinski definition) is 7. The molecule has 0 spiro atoms. The van der Waals surface area contributed by atoms with Crippen LogP contribution in [0.2, 0.25) is 0 Å². The minimum Gasteiger partial charge on any atom is -0.457 e. The van der Waals surface area contributed by atoms with Gasteiger partial charge < -0.3 is 20.1 Å². The second-order valence-electron chi connectivity index (χ2n) is 16.7. The standard InChI is InChI=1S/C51H96NO7P/c1-3-5-7-9-11-13-15-17-19-21-22-23-24-25-26-27-29-31-33-35-37-39-41-43-46-56-48-50(49-58-60(54,55)57-47-45-52)59-51(53)44-42-40-38-36-34-32-30-28-20-18-16-14-12-10-8-6-4-2/h15,17-18,20-22,24-25,50H,3-14,16,19,23,26-49,52H2,1-2H3,(H,54,55)/b17-15-,20-18-,22-21-,25-24-. The number of phosphoric acid groups is 1. The van der Waals surface area contributed by atoms with Crippen LogP contribution in [0.3, 0.4) is 0 Å². The SMILES string of the molecule is CCCCCCC/C=C\C/C=C\C/C=C\CCCCCCCCCCCOCC(COP(=O)(O)OCCN)OC(=O)CCCCCCCCC/C=C\CCCCCCCC. The highest BCUT2D eigenvalue weighted by molar-refractivity contribution is 7.47. The largest absolute Gasteiger partial charge is 0.472 e. The van der Waals surface area contributed by atoms with Gasteiger partial charge in [-0.05, 0) is 77.0 Å². The molecule has 0 saturated carbocycles. The molecule has 0 saturated heterocycles. The minimum absolute atomic E-state index is 0.0977. The lowest BCUT2D eigenvalue weighted by Gasteiger charge is -2.20. The number of carbonyl (C=O) groups is 1. The van der Waals surface area contributed by atoms with Crippen LogP contribution in [0, 0.1) is 0 Å². The van der Waals surface area contributed by atoms with Gasteiger partial charge in [0.05, 0.1) is 19.8 Å². The fourth-order valence-corrected chi connectivity index (χ4v) is 7.76. The van der Waals surface area contributed by atoms with Crippen LogP contribution in [0.25, 0.3) is 0 Å². The summed E-state index contributed by atoms with van der Waals surface area (Å²) in [6, 6.07) is 0. The van der Waals surface area contributed by atoms with Crippen LogP contribution in [-0.4, -0.2) is 49.9 Å². The van der Waals surface area contributed by atoms with Gasteiger partial charge in [0.2, 0.25) is 0 Å². The molecule has 0 aromatic rings. The Morgan fingerprint density at radius 2 is 0.883 bits per heavy atom. The first-order valence-electron chi connectivity index (χ1n) is 25.1. The van der Waals surface area contributed by atoms with Gasteiger partial charge >= 0.3 is 13.8 Å². The van der Waals surface area contributed by atoms with Crippen LogP contribution in [0.4, 0.5) is 0 Å². The summed E-state index contributed by atoms with van der Waals surface area (Å²) in [7, 11) is -4.28. The van der Waals surface area contributed by atoms with Gasteiger partial charge in [0.25, 0.3) is 0 Å². The van der Waals surface area contributed by atoms with Crippen molar-refractivity contribution in [3.8, 4) is 0 Å². The van der Waals surface area contributed by atoms with Gasteiger partial charge in [-0.1, -0.05) is 197 Å². The number of unbranched alkanes of at least 4 members (excludes halogenated alkanes) is 27. The van der Waals surface area contributed by atoms with Crippen molar-refractivity contribution in [2.24, 2.45) is 5.73 Å². The summed E-state index contributed by atoms with van der Waals surface area (Å²) in [5.74, 6) is -0.336. The summed E-state index contributed by atoms with van der Waals surface area (Å²) in [6.07, 6.45) is 58.5. The van der Waals surface area contributed by atoms with E-state index in [-0.39, 0.29) is 32.3 Å². The Balaban J connectivity index is 3.96. The third-order valence-electron chi connectivity index (χ3n) is 10.7. The number of hydrogen-bond donors (Lipinski definition) is 2. The molecule has 0 amide bonds. The molecule has 0 aromatic heterocycles. The van der Waals surface area contributed by atoms with Crippen LogP contribution in [0.5, 0.6) is 0 Å². The maximum absolute atomic E-state index is 12.6. The number of ether oxygens (including phenoxy) is 2. The lowest BCUT2D eigenvalue weighted by Crippen LogP contribution is -2.28. The average molecular weight is 866 g/mol. The maximum Gasteiger partial charge on any atom is 0.472 e. The van der Waals surface area contributed by atoms with Crippen LogP contribution < -0.4 is 5.73 Å². The first kappa shape index (κ1) is 58.5. The molecule has 0 aromatic carbocycles. The Hall–Kier alpha value is -1.54. The molecule has 3 N–H and O–H groups in total. The number of nitrogens with two attached hydrogens (primary N) is 1. The molecule has 2 atom stereocenters.